The third-order valence-corrected chi connectivity index (χ3v) is 2.49. The fourth-order valence-electron chi connectivity index (χ4n) is 1.90. The molecule has 2 rings (SSSR count). The van der Waals surface area contributed by atoms with Gasteiger partial charge in [-0.2, -0.15) is 8.78 Å². The summed E-state index contributed by atoms with van der Waals surface area (Å²) in [6.45, 7) is 0.809. The molecule has 0 spiro atoms. The second-order valence-corrected chi connectivity index (χ2v) is 4.03. The lowest BCUT2D eigenvalue weighted by Gasteiger charge is -2.14. The molecular weight excluding hydrogens is 231 g/mol. The van der Waals surface area contributed by atoms with Gasteiger partial charge in [0.1, 0.15) is 5.82 Å². The van der Waals surface area contributed by atoms with Crippen molar-refractivity contribution in [3.63, 3.8) is 0 Å². The zero-order valence-electron chi connectivity index (χ0n) is 9.45. The van der Waals surface area contributed by atoms with E-state index in [0.717, 1.165) is 0 Å². The highest BCUT2D eigenvalue weighted by Gasteiger charge is 2.16. The monoisotopic (exact) mass is 243 g/mol. The van der Waals surface area contributed by atoms with Crippen LogP contribution in [0.4, 0.5) is 13.2 Å². The molecule has 92 valence electrons. The minimum atomic E-state index is -2.89. The molecule has 0 N–H and O–H groups in total. The van der Waals surface area contributed by atoms with Gasteiger partial charge in [0.05, 0.1) is 5.52 Å². The third-order valence-electron chi connectivity index (χ3n) is 2.49. The molecule has 1 aromatic heterocycles. The van der Waals surface area contributed by atoms with Crippen molar-refractivity contribution in [2.45, 2.75) is 26.5 Å². The van der Waals surface area contributed by atoms with E-state index in [-0.39, 0.29) is 11.9 Å². The Bertz CT molecular complexity index is 534. The Morgan fingerprint density at radius 3 is 2.47 bits per heavy atom. The van der Waals surface area contributed by atoms with Crippen LogP contribution in [0.3, 0.4) is 0 Å². The fourth-order valence-corrected chi connectivity index (χ4v) is 1.90. The van der Waals surface area contributed by atoms with Crippen LogP contribution in [0.25, 0.3) is 10.9 Å². The maximum atomic E-state index is 13.0. The molecule has 2 nitrogen and oxygen atoms in total. The summed E-state index contributed by atoms with van der Waals surface area (Å²) in [5.41, 5.74) is 0.678. The highest BCUT2D eigenvalue weighted by Crippen LogP contribution is 2.30. The molecule has 1 heterocycles. The molecule has 0 bridgehead atoms. The Hall–Kier alpha value is -1.65. The number of ether oxygens (including phenoxy) is 1. The summed E-state index contributed by atoms with van der Waals surface area (Å²) in [4.78, 5) is 0. The molecule has 0 radical (unpaired) electrons. The van der Waals surface area contributed by atoms with E-state index in [2.05, 4.69) is 4.74 Å². The summed E-state index contributed by atoms with van der Waals surface area (Å²) in [5.74, 6) is -0.349. The summed E-state index contributed by atoms with van der Waals surface area (Å²) in [6.07, 6.45) is 0. The molecule has 17 heavy (non-hydrogen) atoms. The first-order valence-electron chi connectivity index (χ1n) is 5.24. The van der Waals surface area contributed by atoms with Crippen molar-refractivity contribution < 1.29 is 17.9 Å². The van der Waals surface area contributed by atoms with Gasteiger partial charge in [0, 0.05) is 17.5 Å². The smallest absolute Gasteiger partial charge is 0.388 e. The van der Waals surface area contributed by atoms with Gasteiger partial charge in [-0.05, 0) is 32.0 Å². The summed E-state index contributed by atoms with van der Waals surface area (Å²) >= 11 is 0. The van der Waals surface area contributed by atoms with E-state index in [1.807, 2.05) is 13.8 Å². The largest absolute Gasteiger partial charge is 0.419 e. The number of halogens is 3. The zero-order valence-corrected chi connectivity index (χ0v) is 9.45. The van der Waals surface area contributed by atoms with Crippen LogP contribution >= 0.6 is 0 Å². The van der Waals surface area contributed by atoms with Gasteiger partial charge in [0.15, 0.2) is 0 Å². The molecule has 0 aliphatic rings. The predicted octanol–water partition coefficient (Wildman–Crippen LogP) is 3.96. The van der Waals surface area contributed by atoms with Gasteiger partial charge in [0.25, 0.3) is 0 Å². The molecular formula is C12H12F3NO. The predicted molar refractivity (Wildman–Crippen MR) is 58.9 cm³/mol. The summed E-state index contributed by atoms with van der Waals surface area (Å²) in [5, 5.41) is 0.550. The topological polar surface area (TPSA) is 14.2 Å². The first-order chi connectivity index (χ1) is 7.99. The van der Waals surface area contributed by atoms with Crippen LogP contribution in [0.15, 0.2) is 24.3 Å². The Morgan fingerprint density at radius 2 is 1.88 bits per heavy atom. The second kappa shape index (κ2) is 4.31. The molecule has 1 aromatic carbocycles. The van der Waals surface area contributed by atoms with Crippen molar-refractivity contribution in [3.8, 4) is 5.88 Å². The lowest BCUT2D eigenvalue weighted by atomic mass is 10.2. The minimum Gasteiger partial charge on any atom is -0.419 e. The lowest BCUT2D eigenvalue weighted by molar-refractivity contribution is -0.0552. The number of aromatic nitrogens is 1. The van der Waals surface area contributed by atoms with Gasteiger partial charge in [-0.3, -0.25) is 0 Å². The average molecular weight is 243 g/mol. The molecule has 2 aromatic rings. The normalized spacial score (nSPS) is 11.7. The van der Waals surface area contributed by atoms with Gasteiger partial charge in [0.2, 0.25) is 5.88 Å². The maximum absolute atomic E-state index is 13.0. The molecule has 0 fully saturated rings. The molecule has 0 aliphatic carbocycles. The van der Waals surface area contributed by atoms with Crippen molar-refractivity contribution in [1.82, 2.24) is 4.57 Å². The van der Waals surface area contributed by atoms with Gasteiger partial charge < -0.3 is 9.30 Å². The van der Waals surface area contributed by atoms with E-state index in [9.17, 15) is 13.2 Å². The Kier molecular flexibility index (Phi) is 3.00. The van der Waals surface area contributed by atoms with Crippen LogP contribution in [-0.4, -0.2) is 11.2 Å². The van der Waals surface area contributed by atoms with Gasteiger partial charge in [-0.1, -0.05) is 0 Å². The number of hydrogen-bond acceptors (Lipinski definition) is 1. The summed E-state index contributed by atoms with van der Waals surface area (Å²) < 4.78 is 43.6. The Morgan fingerprint density at radius 1 is 1.18 bits per heavy atom. The molecule has 5 heteroatoms. The Balaban J connectivity index is 2.61. The number of alkyl halides is 2. The van der Waals surface area contributed by atoms with E-state index in [4.69, 9.17) is 0 Å². The highest BCUT2D eigenvalue weighted by atomic mass is 19.3. The number of rotatable bonds is 3. The fraction of sp³-hybridized carbons (Fsp3) is 0.333. The van der Waals surface area contributed by atoms with Crippen LogP contribution in [0.2, 0.25) is 0 Å². The quantitative estimate of drug-likeness (QED) is 0.795. The van der Waals surface area contributed by atoms with Crippen molar-refractivity contribution in [2.75, 3.05) is 0 Å². The molecule has 0 unspecified atom stereocenters. The summed E-state index contributed by atoms with van der Waals surface area (Å²) in [7, 11) is 0. The van der Waals surface area contributed by atoms with E-state index >= 15 is 0 Å². The number of benzene rings is 1. The number of nitrogens with zero attached hydrogens (tertiary/aromatic N) is 1. The summed E-state index contributed by atoms with van der Waals surface area (Å²) in [6, 6.07) is 5.53. The van der Waals surface area contributed by atoms with E-state index < -0.39 is 12.4 Å². The van der Waals surface area contributed by atoms with Gasteiger partial charge in [-0.15, -0.1) is 0 Å². The van der Waals surface area contributed by atoms with Crippen molar-refractivity contribution in [3.05, 3.63) is 30.1 Å². The molecule has 0 saturated carbocycles. The molecule has 0 aliphatic heterocycles. The standard InChI is InChI=1S/C12H12F3NO/c1-7(2)16-10-4-3-9(13)5-8(10)6-11(16)17-12(14)15/h3-7,12H,1-2H3. The van der Waals surface area contributed by atoms with Crippen LogP contribution < -0.4 is 4.74 Å². The number of fused-ring (bicyclic) bond motifs is 1. The molecule has 0 amide bonds. The van der Waals surface area contributed by atoms with Crippen LogP contribution in [-0.2, 0) is 0 Å². The molecule has 0 saturated heterocycles. The third kappa shape index (κ3) is 2.23. The van der Waals surface area contributed by atoms with Gasteiger partial charge in [-0.25, -0.2) is 4.39 Å². The van der Waals surface area contributed by atoms with Crippen LogP contribution in [0.5, 0.6) is 5.88 Å². The average Bonchev–Trinajstić information content (AvgIpc) is 2.53. The number of hydrogen-bond donors (Lipinski definition) is 0. The van der Waals surface area contributed by atoms with Crippen molar-refractivity contribution >= 4 is 10.9 Å². The maximum Gasteiger partial charge on any atom is 0.388 e. The van der Waals surface area contributed by atoms with E-state index in [1.165, 1.54) is 18.2 Å². The SMILES string of the molecule is CC(C)n1c(OC(F)F)cc2cc(F)ccc21. The first kappa shape index (κ1) is 11.8. The van der Waals surface area contributed by atoms with Gasteiger partial charge >= 0.3 is 6.61 Å². The van der Waals surface area contributed by atoms with E-state index in [0.29, 0.717) is 10.9 Å². The van der Waals surface area contributed by atoms with Crippen molar-refractivity contribution in [2.24, 2.45) is 0 Å². The molecule has 0 atom stereocenters. The second-order valence-electron chi connectivity index (χ2n) is 4.03. The van der Waals surface area contributed by atoms with Crippen molar-refractivity contribution in [1.29, 1.82) is 0 Å². The van der Waals surface area contributed by atoms with Crippen LogP contribution in [0.1, 0.15) is 19.9 Å². The lowest BCUT2D eigenvalue weighted by Crippen LogP contribution is -2.09. The van der Waals surface area contributed by atoms with E-state index in [1.54, 1.807) is 10.6 Å². The zero-order chi connectivity index (χ0) is 12.6. The Labute approximate surface area is 96.6 Å². The first-order valence-corrected chi connectivity index (χ1v) is 5.24. The minimum absolute atomic E-state index is 0.0493. The highest BCUT2D eigenvalue weighted by molar-refractivity contribution is 5.82. The van der Waals surface area contributed by atoms with Crippen LogP contribution in [0, 0.1) is 5.82 Å².